The molecule has 3 heterocycles. The van der Waals surface area contributed by atoms with Gasteiger partial charge in [-0.25, -0.2) is 0 Å². The van der Waals surface area contributed by atoms with Crippen LogP contribution in [0.15, 0.2) is 0 Å². The normalized spacial score (nSPS) is 29.7. The predicted molar refractivity (Wildman–Crippen MR) is 99.9 cm³/mol. The Morgan fingerprint density at radius 2 is 1.67 bits per heavy atom. The van der Waals surface area contributed by atoms with Crippen LogP contribution in [0.5, 0.6) is 0 Å². The van der Waals surface area contributed by atoms with Crippen LogP contribution in [0.1, 0.15) is 12.8 Å². The predicted octanol–water partition coefficient (Wildman–Crippen LogP) is -5.91. The highest BCUT2D eigenvalue weighted by molar-refractivity contribution is 7.73. The molecule has 2 nitrogen and oxygen atoms in total. The van der Waals surface area contributed by atoms with Gasteiger partial charge in [-0.2, -0.15) is 0 Å². The minimum atomic E-state index is 0.328. The number of aliphatic hydroxyl groups is 2. The topological polar surface area (TPSA) is 40.5 Å². The number of hydrogen-bond acceptors (Lipinski definition) is 2. The van der Waals surface area contributed by atoms with E-state index >= 15 is 0 Å². The molecule has 2 N–H and O–H groups in total. The van der Waals surface area contributed by atoms with Crippen molar-refractivity contribution in [1.82, 2.24) is 0 Å². The van der Waals surface area contributed by atoms with Crippen LogP contribution >= 0.6 is 0 Å². The Kier molecular flexibility index (Phi) is 6.13. The van der Waals surface area contributed by atoms with E-state index in [4.69, 9.17) is 0 Å². The van der Waals surface area contributed by atoms with E-state index in [-0.39, 0.29) is 0 Å². The third-order valence-corrected chi connectivity index (χ3v) is 5.57. The van der Waals surface area contributed by atoms with E-state index in [9.17, 15) is 10.2 Å². The summed E-state index contributed by atoms with van der Waals surface area (Å²) >= 11 is 0. The second-order valence-corrected chi connectivity index (χ2v) is 6.58. The van der Waals surface area contributed by atoms with Gasteiger partial charge in [0.15, 0.2) is 0 Å². The second-order valence-electron chi connectivity index (χ2n) is 6.58. The van der Waals surface area contributed by atoms with Crippen LogP contribution in [0.4, 0.5) is 0 Å². The average Bonchev–Trinajstić information content (AvgIpc) is 2.43. The molecule has 2 bridgehead atoms. The van der Waals surface area contributed by atoms with Gasteiger partial charge in [-0.15, -0.1) is 0 Å². The zero-order valence-corrected chi connectivity index (χ0v) is 11.7. The van der Waals surface area contributed by atoms with Crippen LogP contribution in [0.2, 0.25) is 11.0 Å². The molecule has 0 aromatic rings. The molecule has 2 atom stereocenters. The SMILES string of the molecule is OCCC1B2BBBBBBBBC1(CCO)B2. The molecule has 0 aromatic heterocycles. The fraction of sp³-hybridized carbons (Fsp3) is 1.00. The van der Waals surface area contributed by atoms with Crippen LogP contribution in [0, 0.1) is 0 Å². The van der Waals surface area contributed by atoms with Gasteiger partial charge < -0.3 is 10.2 Å². The van der Waals surface area contributed by atoms with Crippen molar-refractivity contribution in [3.8, 4) is 0 Å². The lowest BCUT2D eigenvalue weighted by atomic mass is 8.75. The largest absolute Gasteiger partial charge is 0.396 e. The van der Waals surface area contributed by atoms with E-state index in [1.807, 2.05) is 0 Å². The molecule has 12 heteroatoms. The molecule has 3 aliphatic heterocycles. The highest BCUT2D eigenvalue weighted by Crippen LogP contribution is 2.53. The Morgan fingerprint density at radius 1 is 0.944 bits per heavy atom. The quantitative estimate of drug-likeness (QED) is 0.474. The van der Waals surface area contributed by atoms with Gasteiger partial charge in [0.05, 0.1) is 20.8 Å². The van der Waals surface area contributed by atoms with Crippen molar-refractivity contribution in [2.75, 3.05) is 13.2 Å². The first kappa shape index (κ1) is 15.0. The summed E-state index contributed by atoms with van der Waals surface area (Å²) in [7, 11) is 12.2. The van der Waals surface area contributed by atoms with Crippen molar-refractivity contribution >= 4 is 70.3 Å². The first-order valence-corrected chi connectivity index (χ1v) is 8.04. The van der Waals surface area contributed by atoms with E-state index in [0.29, 0.717) is 24.2 Å². The van der Waals surface area contributed by atoms with Gasteiger partial charge in [0, 0.05) is 62.6 Å². The monoisotopic (exact) mass is 234 g/mol. The van der Waals surface area contributed by atoms with Gasteiger partial charge in [0.2, 0.25) is 0 Å². The van der Waals surface area contributed by atoms with Gasteiger partial charge in [0.25, 0.3) is 0 Å². The summed E-state index contributed by atoms with van der Waals surface area (Å²) in [6.07, 6.45) is 1.93. The number of fused-ring (bicyclic) bond motifs is 7. The zero-order chi connectivity index (χ0) is 12.8. The van der Waals surface area contributed by atoms with Gasteiger partial charge in [-0.1, -0.05) is 11.0 Å². The number of hydrogen-bond donors (Lipinski definition) is 2. The van der Waals surface area contributed by atoms with E-state index in [1.165, 1.54) is 63.8 Å². The maximum Gasteiger partial charge on any atom is 0.0794 e. The Balaban J connectivity index is 2.01. The summed E-state index contributed by atoms with van der Waals surface area (Å²) in [5.41, 5.74) is 0. The lowest BCUT2D eigenvalue weighted by molar-refractivity contribution is 0.255. The molecule has 3 aliphatic rings. The van der Waals surface area contributed by atoms with E-state index in [2.05, 4.69) is 0 Å². The second kappa shape index (κ2) is 7.38. The fourth-order valence-corrected chi connectivity index (χ4v) is 4.65. The summed E-state index contributed by atoms with van der Waals surface area (Å²) < 4.78 is 0. The lowest BCUT2D eigenvalue weighted by Gasteiger charge is -2.55. The minimum Gasteiger partial charge on any atom is -0.396 e. The smallest absolute Gasteiger partial charge is 0.0794 e. The Morgan fingerprint density at radius 3 is 2.39 bits per heavy atom. The van der Waals surface area contributed by atoms with Gasteiger partial charge in [-0.3, -0.25) is 0 Å². The molecule has 0 radical (unpaired) electrons. The number of aliphatic hydroxyl groups excluding tert-OH is 2. The van der Waals surface area contributed by atoms with E-state index in [1.54, 1.807) is 0 Å². The van der Waals surface area contributed by atoms with Crippen LogP contribution in [0.3, 0.4) is 0 Å². The van der Waals surface area contributed by atoms with Crippen LogP contribution in [-0.4, -0.2) is 93.7 Å². The molecule has 86 valence electrons. The van der Waals surface area contributed by atoms with Crippen LogP contribution in [0.25, 0.3) is 0 Å². The van der Waals surface area contributed by atoms with Crippen molar-refractivity contribution in [3.63, 3.8) is 0 Å². The Hall–Kier alpha value is 0.569. The summed E-state index contributed by atoms with van der Waals surface area (Å²) in [4.78, 5) is 0. The van der Waals surface area contributed by atoms with Crippen LogP contribution in [-0.2, 0) is 0 Å². The minimum absolute atomic E-state index is 0.328. The third kappa shape index (κ3) is 3.36. The third-order valence-electron chi connectivity index (χ3n) is 5.57. The molecule has 2 unspecified atom stereocenters. The van der Waals surface area contributed by atoms with Gasteiger partial charge in [-0.05, 0) is 12.8 Å². The standard InChI is InChI=1S/C6H20B10O2/c17-3-1-5-6(2-4-18)7-9-10-11-12-13-14-15-16(5)8-6/h5,7-15,17-18H,1-4H2. The first-order chi connectivity index (χ1) is 8.82. The molecular formula is C6H20B10O2. The molecule has 0 aromatic carbocycles. The molecule has 3 saturated heterocycles. The van der Waals surface area contributed by atoms with Crippen molar-refractivity contribution in [3.05, 3.63) is 0 Å². The summed E-state index contributed by atoms with van der Waals surface area (Å²) in [6, 6.07) is 0. The van der Waals surface area contributed by atoms with Crippen LogP contribution < -0.4 is 0 Å². The van der Waals surface area contributed by atoms with Crippen molar-refractivity contribution < 1.29 is 10.2 Å². The molecule has 3 rings (SSSR count). The number of rotatable bonds is 4. The molecule has 3 fully saturated rings. The van der Waals surface area contributed by atoms with Crippen molar-refractivity contribution in [2.24, 2.45) is 0 Å². The lowest BCUT2D eigenvalue weighted by Crippen LogP contribution is -2.63. The van der Waals surface area contributed by atoms with E-state index in [0.717, 1.165) is 19.3 Å². The summed E-state index contributed by atoms with van der Waals surface area (Å²) in [6.45, 7) is 1.49. The average molecular weight is 232 g/mol. The summed E-state index contributed by atoms with van der Waals surface area (Å²) in [5.74, 6) is 0.688. The summed E-state index contributed by atoms with van der Waals surface area (Å²) in [5, 5.41) is 19.1. The molecule has 0 saturated carbocycles. The van der Waals surface area contributed by atoms with Crippen molar-refractivity contribution in [2.45, 2.75) is 23.9 Å². The van der Waals surface area contributed by atoms with Gasteiger partial charge in [0.1, 0.15) is 0 Å². The van der Waals surface area contributed by atoms with Gasteiger partial charge >= 0.3 is 0 Å². The molecule has 0 amide bonds. The Labute approximate surface area is 118 Å². The molecule has 18 heavy (non-hydrogen) atoms. The fourth-order valence-electron chi connectivity index (χ4n) is 4.65. The zero-order valence-electron chi connectivity index (χ0n) is 11.7. The molecule has 0 spiro atoms. The molecule has 0 aliphatic carbocycles. The van der Waals surface area contributed by atoms with E-state index < -0.39 is 0 Å². The maximum absolute atomic E-state index is 9.38. The Bertz CT molecular complexity index is 253. The first-order valence-electron chi connectivity index (χ1n) is 8.04. The molecular weight excluding hydrogens is 212 g/mol. The van der Waals surface area contributed by atoms with Crippen molar-refractivity contribution in [1.29, 1.82) is 0 Å². The highest BCUT2D eigenvalue weighted by Gasteiger charge is 2.53. The highest BCUT2D eigenvalue weighted by atomic mass is 16.3. The maximum atomic E-state index is 9.38.